The molecule has 108 valence electrons. The van der Waals surface area contributed by atoms with Crippen molar-refractivity contribution in [2.45, 2.75) is 57.6 Å². The van der Waals surface area contributed by atoms with Crippen molar-refractivity contribution in [3.63, 3.8) is 0 Å². The molecule has 1 aliphatic heterocycles. The second kappa shape index (κ2) is 4.45. The molecular weight excluding hydrogens is 240 g/mol. The largest absolute Gasteiger partial charge is 0.377 e. The number of rotatable bonds is 3. The lowest BCUT2D eigenvalue weighted by molar-refractivity contribution is -0.175. The van der Waals surface area contributed by atoms with E-state index in [-0.39, 0.29) is 23.3 Å². The fourth-order valence-electron chi connectivity index (χ4n) is 4.44. The number of carbonyl (C=O) groups is 1. The lowest BCUT2D eigenvalue weighted by Crippen LogP contribution is -2.80. The van der Waals surface area contributed by atoms with Crippen LogP contribution in [0.3, 0.4) is 0 Å². The van der Waals surface area contributed by atoms with Gasteiger partial charge in [0.2, 0.25) is 5.91 Å². The van der Waals surface area contributed by atoms with Crippen LogP contribution in [0, 0.1) is 17.3 Å². The quantitative estimate of drug-likeness (QED) is 0.812. The minimum atomic E-state index is -0.743. The maximum atomic E-state index is 12.6. The van der Waals surface area contributed by atoms with Crippen molar-refractivity contribution in [2.24, 2.45) is 23.0 Å². The molecule has 0 spiro atoms. The summed E-state index contributed by atoms with van der Waals surface area (Å²) in [6, 6.07) is 0. The highest BCUT2D eigenvalue weighted by molar-refractivity contribution is 5.89. The Bertz CT molecular complexity index is 376. The van der Waals surface area contributed by atoms with Crippen LogP contribution in [0.15, 0.2) is 0 Å². The molecule has 3 atom stereocenters. The van der Waals surface area contributed by atoms with Crippen LogP contribution in [0.1, 0.15) is 46.0 Å². The number of hydrogen-bond acceptors (Lipinski definition) is 3. The molecule has 2 saturated carbocycles. The summed E-state index contributed by atoms with van der Waals surface area (Å²) in [5, 5.41) is 3.12. The Labute approximate surface area is 115 Å². The number of nitrogens with one attached hydrogen (secondary N) is 1. The number of hydrogen-bond donors (Lipinski definition) is 2. The van der Waals surface area contributed by atoms with Gasteiger partial charge in [-0.2, -0.15) is 0 Å². The first kappa shape index (κ1) is 13.4. The number of fused-ring (bicyclic) bond motifs is 1. The molecule has 0 aromatic heterocycles. The maximum Gasteiger partial charge on any atom is 0.241 e. The highest BCUT2D eigenvalue weighted by atomic mass is 16.5. The molecule has 0 radical (unpaired) electrons. The van der Waals surface area contributed by atoms with Crippen LogP contribution >= 0.6 is 0 Å². The molecule has 3 N–H and O–H groups in total. The van der Waals surface area contributed by atoms with Gasteiger partial charge in [-0.25, -0.2) is 0 Å². The van der Waals surface area contributed by atoms with Gasteiger partial charge in [0, 0.05) is 24.5 Å². The molecule has 1 saturated heterocycles. The van der Waals surface area contributed by atoms with Crippen molar-refractivity contribution in [2.75, 3.05) is 13.2 Å². The summed E-state index contributed by atoms with van der Waals surface area (Å²) >= 11 is 0. The van der Waals surface area contributed by atoms with Crippen LogP contribution in [-0.2, 0) is 9.53 Å². The van der Waals surface area contributed by atoms with Crippen molar-refractivity contribution in [3.05, 3.63) is 0 Å². The molecule has 3 unspecified atom stereocenters. The van der Waals surface area contributed by atoms with E-state index in [1.165, 1.54) is 25.7 Å². The van der Waals surface area contributed by atoms with E-state index in [0.29, 0.717) is 5.92 Å². The topological polar surface area (TPSA) is 64.3 Å². The number of ether oxygens (including phenoxy) is 1. The maximum absolute atomic E-state index is 12.6. The minimum absolute atomic E-state index is 0.0381. The summed E-state index contributed by atoms with van der Waals surface area (Å²) in [5.74, 6) is 0.897. The second-order valence-electron chi connectivity index (χ2n) is 7.14. The average molecular weight is 266 g/mol. The van der Waals surface area contributed by atoms with E-state index in [1.807, 2.05) is 0 Å². The van der Waals surface area contributed by atoms with Crippen molar-refractivity contribution in [3.8, 4) is 0 Å². The van der Waals surface area contributed by atoms with Gasteiger partial charge in [-0.15, -0.1) is 0 Å². The zero-order valence-electron chi connectivity index (χ0n) is 12.1. The highest BCUT2D eigenvalue weighted by Crippen LogP contribution is 2.58. The van der Waals surface area contributed by atoms with Gasteiger partial charge in [0.1, 0.15) is 5.54 Å². The van der Waals surface area contributed by atoms with Gasteiger partial charge in [-0.3, -0.25) is 4.79 Å². The molecule has 1 heterocycles. The minimum Gasteiger partial charge on any atom is -0.377 e. The van der Waals surface area contributed by atoms with E-state index in [2.05, 4.69) is 19.2 Å². The molecule has 0 aromatic carbocycles. The van der Waals surface area contributed by atoms with E-state index in [1.54, 1.807) is 0 Å². The van der Waals surface area contributed by atoms with Gasteiger partial charge < -0.3 is 15.8 Å². The monoisotopic (exact) mass is 266 g/mol. The van der Waals surface area contributed by atoms with Gasteiger partial charge in [0.15, 0.2) is 0 Å². The first-order chi connectivity index (χ1) is 8.98. The smallest absolute Gasteiger partial charge is 0.241 e. The Morgan fingerprint density at radius 3 is 2.68 bits per heavy atom. The van der Waals surface area contributed by atoms with E-state index < -0.39 is 5.54 Å². The van der Waals surface area contributed by atoms with Crippen molar-refractivity contribution < 1.29 is 9.53 Å². The molecule has 0 aromatic rings. The SMILES string of the molecule is CC1(C)C2OCCC2C1(N)C(=O)NCC1CCCC1. The van der Waals surface area contributed by atoms with Gasteiger partial charge in [0.25, 0.3) is 0 Å². The third-order valence-corrected chi connectivity index (χ3v) is 5.86. The Kier molecular flexibility index (Phi) is 3.13. The highest BCUT2D eigenvalue weighted by Gasteiger charge is 2.71. The van der Waals surface area contributed by atoms with E-state index in [9.17, 15) is 4.79 Å². The Morgan fingerprint density at radius 2 is 2.00 bits per heavy atom. The molecule has 4 heteroatoms. The number of carbonyl (C=O) groups excluding carboxylic acids is 1. The third-order valence-electron chi connectivity index (χ3n) is 5.86. The van der Waals surface area contributed by atoms with Crippen LogP contribution < -0.4 is 11.1 Å². The van der Waals surface area contributed by atoms with Gasteiger partial charge >= 0.3 is 0 Å². The molecule has 0 bridgehead atoms. The normalized spacial score (nSPS) is 40.8. The lowest BCUT2D eigenvalue weighted by Gasteiger charge is -2.60. The fourth-order valence-corrected chi connectivity index (χ4v) is 4.44. The Balaban J connectivity index is 1.64. The summed E-state index contributed by atoms with van der Waals surface area (Å²) in [4.78, 5) is 12.6. The Hall–Kier alpha value is -0.610. The molecule has 3 rings (SSSR count). The van der Waals surface area contributed by atoms with Gasteiger partial charge in [-0.1, -0.05) is 26.7 Å². The van der Waals surface area contributed by atoms with Gasteiger partial charge in [-0.05, 0) is 25.2 Å². The average Bonchev–Trinajstić information content (AvgIpc) is 3.04. The summed E-state index contributed by atoms with van der Waals surface area (Å²) in [5.41, 5.74) is 5.50. The predicted octanol–water partition coefficient (Wildman–Crippen LogP) is 1.44. The van der Waals surface area contributed by atoms with Crippen LogP contribution in [0.4, 0.5) is 0 Å². The number of amides is 1. The van der Waals surface area contributed by atoms with Crippen molar-refractivity contribution >= 4 is 5.91 Å². The Morgan fingerprint density at radius 1 is 1.32 bits per heavy atom. The van der Waals surface area contributed by atoms with Crippen LogP contribution in [0.25, 0.3) is 0 Å². The second-order valence-corrected chi connectivity index (χ2v) is 7.14. The molecule has 4 nitrogen and oxygen atoms in total. The third kappa shape index (κ3) is 1.76. The van der Waals surface area contributed by atoms with Crippen molar-refractivity contribution in [1.82, 2.24) is 5.32 Å². The molecular formula is C15H26N2O2. The molecule has 1 amide bonds. The summed E-state index contributed by atoms with van der Waals surface area (Å²) in [6.45, 7) is 5.67. The first-order valence-corrected chi connectivity index (χ1v) is 7.66. The summed E-state index contributed by atoms with van der Waals surface area (Å²) < 4.78 is 5.73. The summed E-state index contributed by atoms with van der Waals surface area (Å²) in [6.07, 6.45) is 6.18. The van der Waals surface area contributed by atoms with Crippen LogP contribution in [0.5, 0.6) is 0 Å². The van der Waals surface area contributed by atoms with Crippen molar-refractivity contribution in [1.29, 1.82) is 0 Å². The van der Waals surface area contributed by atoms with Crippen LogP contribution in [-0.4, -0.2) is 30.7 Å². The zero-order valence-corrected chi connectivity index (χ0v) is 12.1. The number of nitrogens with two attached hydrogens (primary N) is 1. The van der Waals surface area contributed by atoms with Crippen LogP contribution in [0.2, 0.25) is 0 Å². The first-order valence-electron chi connectivity index (χ1n) is 7.66. The molecule has 2 aliphatic carbocycles. The van der Waals surface area contributed by atoms with Gasteiger partial charge in [0.05, 0.1) is 6.10 Å². The van der Waals surface area contributed by atoms with E-state index in [4.69, 9.17) is 10.5 Å². The zero-order chi connectivity index (χ0) is 13.7. The fraction of sp³-hybridized carbons (Fsp3) is 0.933. The molecule has 3 fully saturated rings. The van der Waals surface area contributed by atoms with E-state index in [0.717, 1.165) is 19.6 Å². The summed E-state index contributed by atoms with van der Waals surface area (Å²) in [7, 11) is 0. The standard InChI is InChI=1S/C15H26N2O2/c1-14(2)12-11(7-8-19-12)15(14,16)13(18)17-9-10-5-3-4-6-10/h10-12H,3-9,16H2,1-2H3,(H,17,18). The predicted molar refractivity (Wildman–Crippen MR) is 73.5 cm³/mol. The molecule has 19 heavy (non-hydrogen) atoms. The lowest BCUT2D eigenvalue weighted by atomic mass is 9.48. The van der Waals surface area contributed by atoms with E-state index >= 15 is 0 Å². The molecule has 3 aliphatic rings.